The number of ether oxygens (including phenoxy) is 1. The average Bonchev–Trinajstić information content (AvgIpc) is 2.95. The van der Waals surface area contributed by atoms with Crippen LogP contribution in [0.3, 0.4) is 0 Å². The Labute approximate surface area is 106 Å². The Morgan fingerprint density at radius 2 is 1.72 bits per heavy atom. The second kappa shape index (κ2) is 4.22. The smallest absolute Gasteiger partial charge is 0.245 e. The van der Waals surface area contributed by atoms with Crippen molar-refractivity contribution in [2.24, 2.45) is 0 Å². The first kappa shape index (κ1) is 13.3. The van der Waals surface area contributed by atoms with E-state index in [1.165, 1.54) is 12.1 Å². The quantitative estimate of drug-likeness (QED) is 0.754. The number of anilines is 1. The van der Waals surface area contributed by atoms with Crippen molar-refractivity contribution in [2.75, 3.05) is 22.8 Å². The van der Waals surface area contributed by atoms with Gasteiger partial charge in [0.15, 0.2) is 0 Å². The van der Waals surface area contributed by atoms with E-state index in [-0.39, 0.29) is 11.8 Å². The second-order valence-corrected chi connectivity index (χ2v) is 8.03. The molecule has 6 nitrogen and oxygen atoms in total. The Balaban J connectivity index is 2.52. The highest BCUT2D eigenvalue weighted by Crippen LogP contribution is 2.32. The van der Waals surface area contributed by atoms with Crippen molar-refractivity contribution < 1.29 is 21.6 Å². The summed E-state index contributed by atoms with van der Waals surface area (Å²) in [5, 5.41) is 0. The zero-order valence-corrected chi connectivity index (χ0v) is 11.5. The molecule has 2 rings (SSSR count). The molecule has 0 bridgehead atoms. The molecule has 1 atom stereocenters. The number of nitrogens with zero attached hydrogens (tertiary/aromatic N) is 1. The average molecular weight is 291 g/mol. The molecular formula is C10H13NO5S2. The molecule has 0 amide bonds. The van der Waals surface area contributed by atoms with Gasteiger partial charge in [-0.05, 0) is 17.7 Å². The van der Waals surface area contributed by atoms with Crippen LogP contribution in [0, 0.1) is 0 Å². The largest absolute Gasteiger partial charge is 0.368 e. The van der Waals surface area contributed by atoms with Gasteiger partial charge in [0.2, 0.25) is 20.0 Å². The van der Waals surface area contributed by atoms with E-state index in [0.29, 0.717) is 10.3 Å². The fraction of sp³-hybridized carbons (Fsp3) is 0.400. The summed E-state index contributed by atoms with van der Waals surface area (Å²) >= 11 is 0. The first-order valence-electron chi connectivity index (χ1n) is 5.11. The molecule has 1 saturated heterocycles. The molecule has 0 radical (unpaired) electrons. The Hall–Kier alpha value is -1.12. The SMILES string of the molecule is CS(=O)(=O)N(c1cccc([C@@H]2CO2)c1)S(C)(=O)=O. The van der Waals surface area contributed by atoms with Gasteiger partial charge in [0.05, 0.1) is 24.8 Å². The van der Waals surface area contributed by atoms with Crippen molar-refractivity contribution in [1.82, 2.24) is 0 Å². The van der Waals surface area contributed by atoms with Crippen LogP contribution in [0.15, 0.2) is 24.3 Å². The van der Waals surface area contributed by atoms with Crippen molar-refractivity contribution >= 4 is 25.7 Å². The molecule has 100 valence electrons. The molecule has 0 unspecified atom stereocenters. The lowest BCUT2D eigenvalue weighted by Crippen LogP contribution is -2.35. The summed E-state index contributed by atoms with van der Waals surface area (Å²) in [5.74, 6) is 0. The zero-order chi connectivity index (χ0) is 13.6. The number of hydrogen-bond donors (Lipinski definition) is 0. The van der Waals surface area contributed by atoms with Gasteiger partial charge in [-0.1, -0.05) is 12.1 Å². The van der Waals surface area contributed by atoms with E-state index in [1.807, 2.05) is 0 Å². The van der Waals surface area contributed by atoms with Gasteiger partial charge in [-0.25, -0.2) is 16.8 Å². The topological polar surface area (TPSA) is 84.1 Å². The van der Waals surface area contributed by atoms with Crippen LogP contribution >= 0.6 is 0 Å². The fourth-order valence-corrected chi connectivity index (χ4v) is 4.67. The fourth-order valence-electron chi connectivity index (χ4n) is 1.71. The summed E-state index contributed by atoms with van der Waals surface area (Å²) < 4.78 is 51.9. The third kappa shape index (κ3) is 2.82. The highest BCUT2D eigenvalue weighted by Gasteiger charge is 2.30. The molecule has 1 aromatic rings. The van der Waals surface area contributed by atoms with Crippen molar-refractivity contribution in [1.29, 1.82) is 0 Å². The highest BCUT2D eigenvalue weighted by atomic mass is 32.3. The Morgan fingerprint density at radius 1 is 1.17 bits per heavy atom. The van der Waals surface area contributed by atoms with Crippen molar-refractivity contribution in [3.05, 3.63) is 29.8 Å². The van der Waals surface area contributed by atoms with Crippen molar-refractivity contribution in [3.63, 3.8) is 0 Å². The van der Waals surface area contributed by atoms with Gasteiger partial charge >= 0.3 is 0 Å². The molecule has 1 fully saturated rings. The van der Waals surface area contributed by atoms with Crippen molar-refractivity contribution in [3.8, 4) is 0 Å². The standard InChI is InChI=1S/C10H13NO5S2/c1-17(12,13)11(18(2,14)15)9-5-3-4-8(6-9)10-7-16-10/h3-6,10H,7H2,1-2H3/t10-/m0/s1. The van der Waals surface area contributed by atoms with E-state index in [4.69, 9.17) is 4.74 Å². The van der Waals surface area contributed by atoms with Gasteiger partial charge in [0.25, 0.3) is 0 Å². The lowest BCUT2D eigenvalue weighted by molar-refractivity contribution is 0.415. The van der Waals surface area contributed by atoms with Crippen LogP contribution in [0.4, 0.5) is 5.69 Å². The molecule has 0 aliphatic carbocycles. The maximum atomic E-state index is 11.6. The van der Waals surface area contributed by atoms with E-state index in [9.17, 15) is 16.8 Å². The van der Waals surface area contributed by atoms with Crippen LogP contribution in [0.1, 0.15) is 11.7 Å². The Morgan fingerprint density at radius 3 is 2.17 bits per heavy atom. The second-order valence-electron chi connectivity index (χ2n) is 4.14. The van der Waals surface area contributed by atoms with E-state index in [2.05, 4.69) is 0 Å². The van der Waals surface area contributed by atoms with Crippen LogP contribution in [0.2, 0.25) is 0 Å². The molecule has 8 heteroatoms. The summed E-state index contributed by atoms with van der Waals surface area (Å²) in [7, 11) is -7.79. The van der Waals surface area contributed by atoms with Gasteiger partial charge in [-0.3, -0.25) is 0 Å². The van der Waals surface area contributed by atoms with E-state index >= 15 is 0 Å². The van der Waals surface area contributed by atoms with Crippen molar-refractivity contribution in [2.45, 2.75) is 6.10 Å². The van der Waals surface area contributed by atoms with Gasteiger partial charge in [0, 0.05) is 0 Å². The Bertz CT molecular complexity index is 629. The minimum Gasteiger partial charge on any atom is -0.368 e. The van der Waals surface area contributed by atoms with Crippen LogP contribution in [0.5, 0.6) is 0 Å². The summed E-state index contributed by atoms with van der Waals surface area (Å²) in [6, 6.07) is 6.33. The van der Waals surface area contributed by atoms with Crippen LogP contribution < -0.4 is 3.71 Å². The molecular weight excluding hydrogens is 278 g/mol. The molecule has 1 aromatic carbocycles. The normalized spacial score (nSPS) is 19.6. The number of rotatable bonds is 4. The van der Waals surface area contributed by atoms with Crippen LogP contribution in [-0.4, -0.2) is 36.0 Å². The van der Waals surface area contributed by atoms with Gasteiger partial charge in [-0.15, -0.1) is 0 Å². The summed E-state index contributed by atoms with van der Waals surface area (Å²) in [6.45, 7) is 0.571. The lowest BCUT2D eigenvalue weighted by Gasteiger charge is -2.20. The maximum Gasteiger partial charge on any atom is 0.245 e. The van der Waals surface area contributed by atoms with Gasteiger partial charge in [0.1, 0.15) is 6.10 Å². The third-order valence-corrected chi connectivity index (χ3v) is 5.64. The third-order valence-electron chi connectivity index (χ3n) is 2.39. The predicted octanol–water partition coefficient (Wildman–Crippen LogP) is 0.484. The summed E-state index contributed by atoms with van der Waals surface area (Å²) in [6.07, 6.45) is 1.65. The number of hydrogen-bond acceptors (Lipinski definition) is 5. The van der Waals surface area contributed by atoms with Gasteiger partial charge < -0.3 is 4.74 Å². The molecule has 0 saturated carbocycles. The predicted molar refractivity (Wildman–Crippen MR) is 67.3 cm³/mol. The van der Waals surface area contributed by atoms with Gasteiger partial charge in [-0.2, -0.15) is 3.71 Å². The molecule has 1 heterocycles. The molecule has 0 aromatic heterocycles. The zero-order valence-electron chi connectivity index (χ0n) is 9.90. The van der Waals surface area contributed by atoms with Crippen LogP contribution in [-0.2, 0) is 24.8 Å². The first-order chi connectivity index (χ1) is 8.19. The first-order valence-corrected chi connectivity index (χ1v) is 8.81. The molecule has 0 N–H and O–H groups in total. The van der Waals surface area contributed by atoms with E-state index < -0.39 is 20.0 Å². The lowest BCUT2D eigenvalue weighted by atomic mass is 10.1. The maximum absolute atomic E-state index is 11.6. The molecule has 0 spiro atoms. The molecule has 1 aliphatic rings. The van der Waals surface area contributed by atoms with E-state index in [0.717, 1.165) is 18.1 Å². The number of epoxide rings is 1. The molecule has 1 aliphatic heterocycles. The van der Waals surface area contributed by atoms with E-state index in [1.54, 1.807) is 12.1 Å². The molecule has 18 heavy (non-hydrogen) atoms. The monoisotopic (exact) mass is 291 g/mol. The number of benzene rings is 1. The summed E-state index contributed by atoms with van der Waals surface area (Å²) in [4.78, 5) is 0. The summed E-state index contributed by atoms with van der Waals surface area (Å²) in [5.41, 5.74) is 0.873. The highest BCUT2D eigenvalue weighted by molar-refractivity contribution is 8.09. The van der Waals surface area contributed by atoms with Crippen LogP contribution in [0.25, 0.3) is 0 Å². The minimum absolute atomic E-state index is 0.0640. The number of sulfonamides is 2. The Kier molecular flexibility index (Phi) is 3.12. The minimum atomic E-state index is -3.89.